The Morgan fingerprint density at radius 3 is 2.71 bits per heavy atom. The van der Waals surface area contributed by atoms with Gasteiger partial charge in [-0.25, -0.2) is 12.8 Å². The number of halogens is 2. The third-order valence-corrected chi connectivity index (χ3v) is 4.64. The van der Waals surface area contributed by atoms with Gasteiger partial charge in [-0.05, 0) is 25.1 Å². The maximum atomic E-state index is 13.8. The average Bonchev–Trinajstić information content (AvgIpc) is 2.88. The number of nitrogens with zero attached hydrogens (tertiary/aromatic N) is 1. The van der Waals surface area contributed by atoms with Crippen LogP contribution in [0.15, 0.2) is 35.4 Å². The lowest BCUT2D eigenvalue weighted by Crippen LogP contribution is -2.13. The summed E-state index contributed by atoms with van der Waals surface area (Å²) in [6.07, 6.45) is 1.47. The van der Waals surface area contributed by atoms with Crippen molar-refractivity contribution in [1.29, 1.82) is 0 Å². The first-order valence-corrected chi connectivity index (χ1v) is 8.11. The predicted molar refractivity (Wildman–Crippen MR) is 80.2 cm³/mol. The van der Waals surface area contributed by atoms with Gasteiger partial charge in [0.05, 0.1) is 10.7 Å². The molecule has 2 rings (SSSR count). The Labute approximate surface area is 127 Å². The molecule has 114 valence electrons. The van der Waals surface area contributed by atoms with Crippen LogP contribution in [0.4, 0.5) is 10.1 Å². The van der Waals surface area contributed by atoms with E-state index in [0.29, 0.717) is 12.2 Å². The molecule has 0 saturated carbocycles. The highest BCUT2D eigenvalue weighted by Crippen LogP contribution is 2.25. The monoisotopic (exact) mass is 331 g/mol. The highest BCUT2D eigenvalue weighted by molar-refractivity contribution is 7.92. The summed E-state index contributed by atoms with van der Waals surface area (Å²) in [6.45, 7) is 2.68. The van der Waals surface area contributed by atoms with E-state index in [1.807, 2.05) is 6.92 Å². The van der Waals surface area contributed by atoms with E-state index in [2.05, 4.69) is 4.72 Å². The zero-order chi connectivity index (χ0) is 15.6. The van der Waals surface area contributed by atoms with Gasteiger partial charge in [-0.1, -0.05) is 17.7 Å². The number of nitrogens with two attached hydrogens (primary N) is 1. The maximum absolute atomic E-state index is 13.8. The first-order valence-electron chi connectivity index (χ1n) is 6.25. The normalized spacial score (nSPS) is 11.6. The molecule has 0 unspecified atom stereocenters. The molecule has 1 aromatic carbocycles. The zero-order valence-corrected chi connectivity index (χ0v) is 12.9. The minimum absolute atomic E-state index is 0.0316. The largest absolute Gasteiger partial charge is 0.349 e. The van der Waals surface area contributed by atoms with Crippen molar-refractivity contribution in [2.45, 2.75) is 24.9 Å². The Hall–Kier alpha value is -1.57. The summed E-state index contributed by atoms with van der Waals surface area (Å²) < 4.78 is 42.3. The van der Waals surface area contributed by atoms with E-state index in [4.69, 9.17) is 17.3 Å². The summed E-state index contributed by atoms with van der Waals surface area (Å²) in [6, 6.07) is 5.58. The number of anilines is 1. The number of nitrogens with one attached hydrogen (secondary N) is 1. The maximum Gasteiger partial charge on any atom is 0.263 e. The molecule has 2 aromatic rings. The highest BCUT2D eigenvalue weighted by Gasteiger charge is 2.20. The first kappa shape index (κ1) is 15.8. The average molecular weight is 332 g/mol. The molecule has 0 amide bonds. The van der Waals surface area contributed by atoms with E-state index >= 15 is 0 Å². The van der Waals surface area contributed by atoms with Gasteiger partial charge in [0.25, 0.3) is 10.0 Å². The molecule has 0 aliphatic carbocycles. The van der Waals surface area contributed by atoms with Crippen LogP contribution in [0, 0.1) is 5.82 Å². The summed E-state index contributed by atoms with van der Waals surface area (Å²) in [5.74, 6) is -0.809. The fourth-order valence-corrected chi connectivity index (χ4v) is 3.22. The van der Waals surface area contributed by atoms with Crippen LogP contribution in [0.5, 0.6) is 0 Å². The van der Waals surface area contributed by atoms with Crippen LogP contribution >= 0.6 is 11.6 Å². The molecule has 0 fully saturated rings. The second-order valence-electron chi connectivity index (χ2n) is 4.36. The summed E-state index contributed by atoms with van der Waals surface area (Å²) in [5, 5.41) is -0.149. The Balaban J connectivity index is 2.38. The molecule has 0 aliphatic rings. The third-order valence-electron chi connectivity index (χ3n) is 3.02. The molecule has 0 bridgehead atoms. The van der Waals surface area contributed by atoms with Crippen molar-refractivity contribution in [3.8, 4) is 0 Å². The van der Waals surface area contributed by atoms with Crippen molar-refractivity contribution in [1.82, 2.24) is 4.57 Å². The van der Waals surface area contributed by atoms with Crippen LogP contribution in [0.25, 0.3) is 0 Å². The number of benzene rings is 1. The van der Waals surface area contributed by atoms with E-state index in [1.54, 1.807) is 4.57 Å². The molecular weight excluding hydrogens is 317 g/mol. The van der Waals surface area contributed by atoms with Crippen LogP contribution in [0.2, 0.25) is 5.02 Å². The van der Waals surface area contributed by atoms with E-state index in [-0.39, 0.29) is 22.2 Å². The predicted octanol–water partition coefficient (Wildman–Crippen LogP) is 2.56. The Kier molecular flexibility index (Phi) is 4.55. The minimum atomic E-state index is -3.90. The molecule has 0 aliphatic heterocycles. The zero-order valence-electron chi connectivity index (χ0n) is 11.3. The topological polar surface area (TPSA) is 77.1 Å². The van der Waals surface area contributed by atoms with Crippen molar-refractivity contribution >= 4 is 27.3 Å². The van der Waals surface area contributed by atoms with Crippen LogP contribution in [0.1, 0.15) is 12.6 Å². The van der Waals surface area contributed by atoms with Crippen molar-refractivity contribution < 1.29 is 12.8 Å². The smallest absolute Gasteiger partial charge is 0.263 e. The van der Waals surface area contributed by atoms with Crippen molar-refractivity contribution in [2.75, 3.05) is 4.72 Å². The third kappa shape index (κ3) is 3.20. The quantitative estimate of drug-likeness (QED) is 0.884. The molecule has 5 nitrogen and oxygen atoms in total. The molecule has 8 heteroatoms. The van der Waals surface area contributed by atoms with E-state index in [9.17, 15) is 12.8 Å². The number of aryl methyl sites for hydroxylation is 1. The second kappa shape index (κ2) is 6.05. The molecule has 0 radical (unpaired) electrons. The summed E-state index contributed by atoms with van der Waals surface area (Å²) >= 11 is 5.63. The van der Waals surface area contributed by atoms with Gasteiger partial charge < -0.3 is 10.3 Å². The van der Waals surface area contributed by atoms with Gasteiger partial charge >= 0.3 is 0 Å². The van der Waals surface area contributed by atoms with Gasteiger partial charge in [0.1, 0.15) is 4.90 Å². The number of aromatic nitrogens is 1. The first-order chi connectivity index (χ1) is 9.89. The molecule has 0 atom stereocenters. The van der Waals surface area contributed by atoms with Gasteiger partial charge in [0.15, 0.2) is 5.82 Å². The van der Waals surface area contributed by atoms with Crippen LogP contribution in [-0.4, -0.2) is 13.0 Å². The lowest BCUT2D eigenvalue weighted by Gasteiger charge is -2.08. The van der Waals surface area contributed by atoms with Crippen molar-refractivity contribution in [3.05, 3.63) is 47.0 Å². The molecule has 1 aromatic heterocycles. The van der Waals surface area contributed by atoms with Gasteiger partial charge in [-0.15, -0.1) is 0 Å². The second-order valence-corrected chi connectivity index (χ2v) is 6.45. The van der Waals surface area contributed by atoms with Gasteiger partial charge in [-0.3, -0.25) is 4.72 Å². The van der Waals surface area contributed by atoms with E-state index < -0.39 is 15.8 Å². The SMILES string of the molecule is CCn1cc(S(=O)(=O)Nc2cccc(Cl)c2F)cc1CN. The summed E-state index contributed by atoms with van der Waals surface area (Å²) in [4.78, 5) is 0.0316. The lowest BCUT2D eigenvalue weighted by molar-refractivity contribution is 0.598. The number of sulfonamides is 1. The molecule has 0 spiro atoms. The van der Waals surface area contributed by atoms with E-state index in [0.717, 1.165) is 0 Å². The standard InChI is InChI=1S/C13H15ClFN3O2S/c1-2-18-8-10(6-9(18)7-16)21(19,20)17-12-5-3-4-11(14)13(12)15/h3-6,8,17H,2,7,16H2,1H3. The highest BCUT2D eigenvalue weighted by atomic mass is 35.5. The molecule has 21 heavy (non-hydrogen) atoms. The Bertz CT molecular complexity index is 737. The van der Waals surface area contributed by atoms with Gasteiger partial charge in [0, 0.05) is 25.0 Å². The fraction of sp³-hybridized carbons (Fsp3) is 0.231. The van der Waals surface area contributed by atoms with Gasteiger partial charge in [0.2, 0.25) is 0 Å². The number of rotatable bonds is 5. The summed E-state index contributed by atoms with van der Waals surface area (Å²) in [7, 11) is -3.90. The number of hydrogen-bond acceptors (Lipinski definition) is 3. The molecule has 0 saturated heterocycles. The Morgan fingerprint density at radius 1 is 1.43 bits per heavy atom. The Morgan fingerprint density at radius 2 is 2.14 bits per heavy atom. The lowest BCUT2D eigenvalue weighted by atomic mass is 10.3. The molecule has 1 heterocycles. The van der Waals surface area contributed by atoms with Gasteiger partial charge in [-0.2, -0.15) is 0 Å². The van der Waals surface area contributed by atoms with Crippen molar-refractivity contribution in [2.24, 2.45) is 5.73 Å². The molecule has 3 N–H and O–H groups in total. The number of hydrogen-bond donors (Lipinski definition) is 2. The van der Waals surface area contributed by atoms with Crippen LogP contribution in [-0.2, 0) is 23.1 Å². The van der Waals surface area contributed by atoms with E-state index in [1.165, 1.54) is 30.5 Å². The van der Waals surface area contributed by atoms with Crippen LogP contribution in [0.3, 0.4) is 0 Å². The molecular formula is C13H15ClFN3O2S. The van der Waals surface area contributed by atoms with Crippen LogP contribution < -0.4 is 10.5 Å². The fourth-order valence-electron chi connectivity index (χ4n) is 1.92. The summed E-state index contributed by atoms with van der Waals surface area (Å²) in [5.41, 5.74) is 6.06. The van der Waals surface area contributed by atoms with Crippen molar-refractivity contribution in [3.63, 3.8) is 0 Å². The minimum Gasteiger partial charge on any atom is -0.349 e.